The third kappa shape index (κ3) is 5.48. The van der Waals surface area contributed by atoms with Crippen molar-refractivity contribution >= 4 is 33.4 Å². The first-order valence-corrected chi connectivity index (χ1v) is 12.7. The smallest absolute Gasteiger partial charge is 0.332 e. The van der Waals surface area contributed by atoms with Crippen LogP contribution in [0.4, 0.5) is 0 Å². The van der Waals surface area contributed by atoms with Gasteiger partial charge in [-0.25, -0.2) is 4.79 Å². The second-order valence-corrected chi connectivity index (χ2v) is 9.68. The summed E-state index contributed by atoms with van der Waals surface area (Å²) in [5, 5.41) is 4.55. The third-order valence-electron chi connectivity index (χ3n) is 6.46. The molecule has 9 nitrogen and oxygen atoms in total. The molecule has 0 aliphatic carbocycles. The first-order valence-electron chi connectivity index (χ1n) is 11.8. The number of hydrogen-bond acceptors (Lipinski definition) is 6. The lowest BCUT2D eigenvalue weighted by Crippen LogP contribution is -2.47. The van der Waals surface area contributed by atoms with Crippen LogP contribution in [0.5, 0.6) is 5.75 Å². The summed E-state index contributed by atoms with van der Waals surface area (Å²) in [6, 6.07) is 9.16. The molecule has 1 N–H and O–H groups in total. The van der Waals surface area contributed by atoms with E-state index in [9.17, 15) is 19.2 Å². The van der Waals surface area contributed by atoms with E-state index in [1.165, 1.54) is 15.9 Å². The lowest BCUT2D eigenvalue weighted by molar-refractivity contribution is -0.135. The highest BCUT2D eigenvalue weighted by molar-refractivity contribution is 7.17. The molecule has 186 valence electrons. The van der Waals surface area contributed by atoms with Crippen molar-refractivity contribution in [2.45, 2.75) is 58.3 Å². The van der Waals surface area contributed by atoms with Crippen molar-refractivity contribution in [1.29, 1.82) is 0 Å². The van der Waals surface area contributed by atoms with Crippen LogP contribution < -0.4 is 21.3 Å². The molecule has 1 saturated heterocycles. The van der Waals surface area contributed by atoms with Gasteiger partial charge >= 0.3 is 5.69 Å². The van der Waals surface area contributed by atoms with Crippen molar-refractivity contribution < 1.29 is 14.3 Å². The number of carbonyl (C=O) groups excluding carboxylic acids is 2. The van der Waals surface area contributed by atoms with Crippen LogP contribution in [0.25, 0.3) is 10.2 Å². The molecule has 3 aromatic rings. The van der Waals surface area contributed by atoms with Crippen LogP contribution in [-0.4, -0.2) is 45.5 Å². The SMILES string of the molecule is COc1ccc(CNC(=O)CCn2c(=O)c3sccc3n(CC(=O)N3CCCCC3C)c2=O)cc1. The van der Waals surface area contributed by atoms with Gasteiger partial charge in [0.15, 0.2) is 0 Å². The predicted molar refractivity (Wildman–Crippen MR) is 135 cm³/mol. The number of fused-ring (bicyclic) bond motifs is 1. The Morgan fingerprint density at radius 3 is 2.60 bits per heavy atom. The maximum Gasteiger partial charge on any atom is 0.332 e. The zero-order valence-corrected chi connectivity index (χ0v) is 20.8. The van der Waals surface area contributed by atoms with Gasteiger partial charge in [0.25, 0.3) is 5.56 Å². The molecule has 1 fully saturated rings. The first kappa shape index (κ1) is 24.7. The summed E-state index contributed by atoms with van der Waals surface area (Å²) in [7, 11) is 1.59. The Balaban J connectivity index is 1.48. The van der Waals surface area contributed by atoms with E-state index in [2.05, 4.69) is 5.32 Å². The Morgan fingerprint density at radius 2 is 1.89 bits per heavy atom. The Morgan fingerprint density at radius 1 is 1.11 bits per heavy atom. The molecule has 2 aromatic heterocycles. The number of methoxy groups -OCH3 is 1. The number of ether oxygens (including phenoxy) is 1. The molecule has 0 radical (unpaired) electrons. The standard InChI is InChI=1S/C25H30N4O5S/c1-17-5-3-4-12-27(17)22(31)16-29-20-11-14-35-23(20)24(32)28(25(29)33)13-10-21(30)26-15-18-6-8-19(34-2)9-7-18/h6-9,11,14,17H,3-5,10,12-13,15-16H2,1-2H3,(H,26,30). The van der Waals surface area contributed by atoms with Crippen LogP contribution >= 0.6 is 11.3 Å². The molecule has 0 saturated carbocycles. The van der Waals surface area contributed by atoms with Gasteiger partial charge in [0, 0.05) is 32.1 Å². The zero-order chi connectivity index (χ0) is 24.9. The van der Waals surface area contributed by atoms with Crippen LogP contribution in [0, 0.1) is 0 Å². The summed E-state index contributed by atoms with van der Waals surface area (Å²) < 4.78 is 7.97. The Labute approximate surface area is 206 Å². The van der Waals surface area contributed by atoms with Gasteiger partial charge in [-0.05, 0) is 55.3 Å². The van der Waals surface area contributed by atoms with Crippen LogP contribution in [-0.2, 0) is 29.2 Å². The molecular formula is C25H30N4O5S. The lowest BCUT2D eigenvalue weighted by atomic mass is 10.0. The van der Waals surface area contributed by atoms with Crippen molar-refractivity contribution in [2.75, 3.05) is 13.7 Å². The van der Waals surface area contributed by atoms with Crippen molar-refractivity contribution in [2.24, 2.45) is 0 Å². The van der Waals surface area contributed by atoms with E-state index in [4.69, 9.17) is 4.74 Å². The highest BCUT2D eigenvalue weighted by Gasteiger charge is 2.25. The number of nitrogens with zero attached hydrogens (tertiary/aromatic N) is 3. The number of rotatable bonds is 8. The van der Waals surface area contributed by atoms with Crippen molar-refractivity contribution in [3.05, 3.63) is 62.1 Å². The van der Waals surface area contributed by atoms with E-state index >= 15 is 0 Å². The summed E-state index contributed by atoms with van der Waals surface area (Å²) in [6.07, 6.45) is 2.95. The minimum absolute atomic E-state index is 0.0285. The molecule has 35 heavy (non-hydrogen) atoms. The molecule has 3 heterocycles. The van der Waals surface area contributed by atoms with Crippen LogP contribution in [0.1, 0.15) is 38.2 Å². The molecule has 1 aromatic carbocycles. The maximum atomic E-state index is 13.3. The van der Waals surface area contributed by atoms with Crippen LogP contribution in [0.3, 0.4) is 0 Å². The van der Waals surface area contributed by atoms with E-state index in [1.54, 1.807) is 18.6 Å². The monoisotopic (exact) mass is 498 g/mol. The van der Waals surface area contributed by atoms with E-state index in [-0.39, 0.29) is 37.4 Å². The minimum atomic E-state index is -0.568. The number of benzene rings is 1. The van der Waals surface area contributed by atoms with Gasteiger partial charge in [-0.2, -0.15) is 0 Å². The fourth-order valence-corrected chi connectivity index (χ4v) is 5.27. The third-order valence-corrected chi connectivity index (χ3v) is 7.36. The van der Waals surface area contributed by atoms with Gasteiger partial charge in [-0.3, -0.25) is 23.5 Å². The first-order chi connectivity index (χ1) is 16.9. The van der Waals surface area contributed by atoms with Gasteiger partial charge in [-0.15, -0.1) is 11.3 Å². The molecule has 0 bridgehead atoms. The van der Waals surface area contributed by atoms with Crippen LogP contribution in [0.2, 0.25) is 0 Å². The summed E-state index contributed by atoms with van der Waals surface area (Å²) in [5.74, 6) is 0.324. The van der Waals surface area contributed by atoms with E-state index in [1.807, 2.05) is 36.1 Å². The van der Waals surface area contributed by atoms with Gasteiger partial charge in [0.1, 0.15) is 17.0 Å². The molecule has 1 aliphatic heterocycles. The minimum Gasteiger partial charge on any atom is -0.497 e. The van der Waals surface area contributed by atoms with Crippen molar-refractivity contribution in [3.63, 3.8) is 0 Å². The average Bonchev–Trinajstić information content (AvgIpc) is 3.36. The van der Waals surface area contributed by atoms with E-state index in [0.29, 0.717) is 23.3 Å². The molecule has 0 spiro atoms. The highest BCUT2D eigenvalue weighted by Crippen LogP contribution is 2.19. The summed E-state index contributed by atoms with van der Waals surface area (Å²) in [4.78, 5) is 53.5. The fourth-order valence-electron chi connectivity index (χ4n) is 4.42. The zero-order valence-electron chi connectivity index (χ0n) is 20.0. The molecule has 10 heteroatoms. The van der Waals surface area contributed by atoms with Crippen LogP contribution in [0.15, 0.2) is 45.3 Å². The average molecular weight is 499 g/mol. The summed E-state index contributed by atoms with van der Waals surface area (Å²) in [6.45, 7) is 2.84. The number of hydrogen-bond donors (Lipinski definition) is 1. The topological polar surface area (TPSA) is 103 Å². The number of thiophene rings is 1. The fraction of sp³-hybridized carbons (Fsp3) is 0.440. The summed E-state index contributed by atoms with van der Waals surface area (Å²) >= 11 is 1.23. The number of likely N-dealkylation sites (tertiary alicyclic amines) is 1. The molecule has 4 rings (SSSR count). The lowest BCUT2D eigenvalue weighted by Gasteiger charge is -2.33. The Kier molecular flexibility index (Phi) is 7.70. The molecule has 1 atom stereocenters. The van der Waals surface area contributed by atoms with Crippen molar-refractivity contribution in [1.82, 2.24) is 19.4 Å². The van der Waals surface area contributed by atoms with Gasteiger partial charge in [0.2, 0.25) is 11.8 Å². The van der Waals surface area contributed by atoms with E-state index < -0.39 is 11.2 Å². The Bertz CT molecular complexity index is 1320. The number of aromatic nitrogens is 2. The maximum absolute atomic E-state index is 13.3. The van der Waals surface area contributed by atoms with E-state index in [0.717, 1.165) is 35.1 Å². The number of nitrogens with one attached hydrogen (secondary N) is 1. The van der Waals surface area contributed by atoms with Crippen molar-refractivity contribution in [3.8, 4) is 5.75 Å². The number of piperidine rings is 1. The second kappa shape index (κ2) is 10.9. The summed E-state index contributed by atoms with van der Waals surface area (Å²) in [5.41, 5.74) is 0.368. The normalized spacial score (nSPS) is 15.8. The molecule has 2 amide bonds. The van der Waals surface area contributed by atoms with Gasteiger partial charge < -0.3 is 15.0 Å². The quantitative estimate of drug-likeness (QED) is 0.514. The molecular weight excluding hydrogens is 468 g/mol. The largest absolute Gasteiger partial charge is 0.497 e. The predicted octanol–water partition coefficient (Wildman–Crippen LogP) is 2.34. The molecule has 1 unspecified atom stereocenters. The van der Waals surface area contributed by atoms with Gasteiger partial charge in [0.05, 0.1) is 12.6 Å². The van der Waals surface area contributed by atoms with Gasteiger partial charge in [-0.1, -0.05) is 12.1 Å². The highest BCUT2D eigenvalue weighted by atomic mass is 32.1. The number of amides is 2. The number of carbonyl (C=O) groups is 2. The Hall–Kier alpha value is -3.40. The second-order valence-electron chi connectivity index (χ2n) is 8.77. The molecule has 1 aliphatic rings.